The van der Waals surface area contributed by atoms with Gasteiger partial charge in [0.2, 0.25) is 0 Å². The number of nitrogens with zero attached hydrogens (tertiary/aromatic N) is 2. The quantitative estimate of drug-likeness (QED) is 0.872. The number of hydrogen-bond donors (Lipinski definition) is 1. The zero-order chi connectivity index (χ0) is 11.5. The maximum Gasteiger partial charge on any atom is 0.185 e. The summed E-state index contributed by atoms with van der Waals surface area (Å²) >= 11 is 1.58. The van der Waals surface area contributed by atoms with Gasteiger partial charge in [0.1, 0.15) is 0 Å². The zero-order valence-corrected chi connectivity index (χ0v) is 10.5. The van der Waals surface area contributed by atoms with Gasteiger partial charge in [0.05, 0.1) is 17.6 Å². The molecule has 1 saturated heterocycles. The zero-order valence-electron chi connectivity index (χ0n) is 9.72. The van der Waals surface area contributed by atoms with Crippen LogP contribution in [0.25, 0.3) is 0 Å². The number of thiazole rings is 1. The summed E-state index contributed by atoms with van der Waals surface area (Å²) in [6.07, 6.45) is 2.52. The Morgan fingerprint density at radius 1 is 1.75 bits per heavy atom. The lowest BCUT2D eigenvalue weighted by atomic mass is 10.1. The summed E-state index contributed by atoms with van der Waals surface area (Å²) in [4.78, 5) is 7.57. The van der Waals surface area contributed by atoms with Crippen LogP contribution in [0.1, 0.15) is 24.3 Å². The van der Waals surface area contributed by atoms with Gasteiger partial charge >= 0.3 is 0 Å². The molecule has 4 nitrogen and oxygen atoms in total. The maximum atomic E-state index is 9.45. The van der Waals surface area contributed by atoms with Crippen LogP contribution in [0.2, 0.25) is 0 Å². The molecule has 2 rings (SSSR count). The second-order valence-corrected chi connectivity index (χ2v) is 5.32. The van der Waals surface area contributed by atoms with Gasteiger partial charge in [-0.1, -0.05) is 11.3 Å². The van der Waals surface area contributed by atoms with Crippen molar-refractivity contribution in [2.45, 2.75) is 19.4 Å². The average molecular weight is 242 g/mol. The Kier molecular flexibility index (Phi) is 3.78. The molecule has 1 aliphatic rings. The van der Waals surface area contributed by atoms with Gasteiger partial charge in [-0.25, -0.2) is 4.98 Å². The van der Waals surface area contributed by atoms with Crippen LogP contribution in [0.3, 0.4) is 0 Å². The topological polar surface area (TPSA) is 45.6 Å². The van der Waals surface area contributed by atoms with Crippen molar-refractivity contribution in [2.75, 3.05) is 31.7 Å². The summed E-state index contributed by atoms with van der Waals surface area (Å²) in [7, 11) is 1.75. The SMILES string of the molecule is COCC1CCN(c2ncc(C(C)O)s2)C1. The van der Waals surface area contributed by atoms with Gasteiger partial charge in [0, 0.05) is 32.3 Å². The van der Waals surface area contributed by atoms with E-state index in [2.05, 4.69) is 9.88 Å². The molecule has 1 aromatic heterocycles. The molecule has 0 bridgehead atoms. The number of ether oxygens (including phenoxy) is 1. The first-order valence-corrected chi connectivity index (χ1v) is 6.40. The Bertz CT molecular complexity index is 340. The number of rotatable bonds is 4. The number of hydrogen-bond acceptors (Lipinski definition) is 5. The lowest BCUT2D eigenvalue weighted by Crippen LogP contribution is -2.20. The molecule has 2 atom stereocenters. The fourth-order valence-electron chi connectivity index (χ4n) is 1.99. The normalized spacial score (nSPS) is 22.7. The highest BCUT2D eigenvalue weighted by Gasteiger charge is 2.24. The second kappa shape index (κ2) is 5.12. The van der Waals surface area contributed by atoms with Crippen molar-refractivity contribution in [3.63, 3.8) is 0 Å². The van der Waals surface area contributed by atoms with E-state index in [0.29, 0.717) is 5.92 Å². The Morgan fingerprint density at radius 2 is 2.56 bits per heavy atom. The molecular weight excluding hydrogens is 224 g/mol. The maximum absolute atomic E-state index is 9.45. The minimum Gasteiger partial charge on any atom is -0.388 e. The van der Waals surface area contributed by atoms with Crippen LogP contribution in [0, 0.1) is 5.92 Å². The van der Waals surface area contributed by atoms with E-state index in [1.165, 1.54) is 0 Å². The second-order valence-electron chi connectivity index (χ2n) is 4.28. The largest absolute Gasteiger partial charge is 0.388 e. The molecule has 0 amide bonds. The van der Waals surface area contributed by atoms with E-state index in [1.807, 2.05) is 0 Å². The highest BCUT2D eigenvalue weighted by molar-refractivity contribution is 7.15. The van der Waals surface area contributed by atoms with Crippen LogP contribution in [-0.4, -0.2) is 36.9 Å². The van der Waals surface area contributed by atoms with Gasteiger partial charge in [-0.2, -0.15) is 0 Å². The van der Waals surface area contributed by atoms with Crippen LogP contribution < -0.4 is 4.90 Å². The van der Waals surface area contributed by atoms with Gasteiger partial charge < -0.3 is 14.7 Å². The highest BCUT2D eigenvalue weighted by atomic mass is 32.1. The summed E-state index contributed by atoms with van der Waals surface area (Å²) in [5.41, 5.74) is 0. The highest BCUT2D eigenvalue weighted by Crippen LogP contribution is 2.30. The number of aromatic nitrogens is 1. The Balaban J connectivity index is 1.97. The molecule has 5 heteroatoms. The van der Waals surface area contributed by atoms with Gasteiger partial charge in [-0.05, 0) is 13.3 Å². The van der Waals surface area contributed by atoms with Gasteiger partial charge in [0.25, 0.3) is 0 Å². The fourth-order valence-corrected chi connectivity index (χ4v) is 2.88. The smallest absolute Gasteiger partial charge is 0.185 e. The van der Waals surface area contributed by atoms with E-state index >= 15 is 0 Å². The molecule has 1 N–H and O–H groups in total. The minimum atomic E-state index is -0.413. The Morgan fingerprint density at radius 3 is 3.19 bits per heavy atom. The van der Waals surface area contributed by atoms with Gasteiger partial charge in [0.15, 0.2) is 5.13 Å². The number of aliphatic hydroxyl groups is 1. The van der Waals surface area contributed by atoms with Crippen molar-refractivity contribution in [3.05, 3.63) is 11.1 Å². The molecular formula is C11H18N2O2S. The molecule has 1 fully saturated rings. The third-order valence-corrected chi connectivity index (χ3v) is 4.11. The first-order chi connectivity index (χ1) is 7.70. The molecule has 1 aliphatic heterocycles. The summed E-state index contributed by atoms with van der Waals surface area (Å²) in [5, 5.41) is 10.5. The lowest BCUT2D eigenvalue weighted by Gasteiger charge is -2.14. The third-order valence-electron chi connectivity index (χ3n) is 2.88. The molecule has 2 heterocycles. The first-order valence-electron chi connectivity index (χ1n) is 5.58. The molecule has 0 aromatic carbocycles. The van der Waals surface area contributed by atoms with E-state index < -0.39 is 6.10 Å². The van der Waals surface area contributed by atoms with Crippen LogP contribution in [0.4, 0.5) is 5.13 Å². The van der Waals surface area contributed by atoms with Crippen LogP contribution in [-0.2, 0) is 4.74 Å². The standard InChI is InChI=1S/C11H18N2O2S/c1-8(14)10-5-12-11(16-10)13-4-3-9(6-13)7-15-2/h5,8-9,14H,3-4,6-7H2,1-2H3. The lowest BCUT2D eigenvalue weighted by molar-refractivity contribution is 0.161. The average Bonchev–Trinajstić information content (AvgIpc) is 2.84. The first kappa shape index (κ1) is 11.8. The summed E-state index contributed by atoms with van der Waals surface area (Å²) in [6, 6.07) is 0. The molecule has 16 heavy (non-hydrogen) atoms. The Labute approximate surface area is 99.9 Å². The predicted molar refractivity (Wildman–Crippen MR) is 64.9 cm³/mol. The predicted octanol–water partition coefficient (Wildman–Crippen LogP) is 1.67. The van der Waals surface area contributed by atoms with E-state index in [1.54, 1.807) is 31.6 Å². The van der Waals surface area contributed by atoms with Crippen LogP contribution in [0.15, 0.2) is 6.20 Å². The van der Waals surface area contributed by atoms with Gasteiger partial charge in [-0.15, -0.1) is 0 Å². The fraction of sp³-hybridized carbons (Fsp3) is 0.727. The summed E-state index contributed by atoms with van der Waals surface area (Å²) in [5.74, 6) is 0.615. The van der Waals surface area contributed by atoms with Gasteiger partial charge in [-0.3, -0.25) is 0 Å². The van der Waals surface area contributed by atoms with Crippen molar-refractivity contribution in [3.8, 4) is 0 Å². The monoisotopic (exact) mass is 242 g/mol. The molecule has 0 spiro atoms. The van der Waals surface area contributed by atoms with E-state index in [4.69, 9.17) is 4.74 Å². The van der Waals surface area contributed by atoms with Crippen molar-refractivity contribution >= 4 is 16.5 Å². The molecule has 2 unspecified atom stereocenters. The molecule has 0 radical (unpaired) electrons. The third kappa shape index (κ3) is 2.53. The number of anilines is 1. The van der Waals surface area contributed by atoms with Crippen molar-refractivity contribution in [2.24, 2.45) is 5.92 Å². The summed E-state index contributed by atoms with van der Waals surface area (Å²) < 4.78 is 5.17. The van der Waals surface area contributed by atoms with E-state index in [9.17, 15) is 5.11 Å². The summed E-state index contributed by atoms with van der Waals surface area (Å²) in [6.45, 7) is 4.65. The van der Waals surface area contributed by atoms with Crippen molar-refractivity contribution in [1.82, 2.24) is 4.98 Å². The Hall–Kier alpha value is -0.650. The molecule has 0 aliphatic carbocycles. The molecule has 1 aromatic rings. The minimum absolute atomic E-state index is 0.413. The van der Waals surface area contributed by atoms with Crippen molar-refractivity contribution < 1.29 is 9.84 Å². The number of aliphatic hydroxyl groups excluding tert-OH is 1. The van der Waals surface area contributed by atoms with Crippen LogP contribution >= 0.6 is 11.3 Å². The van der Waals surface area contributed by atoms with E-state index in [0.717, 1.165) is 36.1 Å². The van der Waals surface area contributed by atoms with E-state index in [-0.39, 0.29) is 0 Å². The number of methoxy groups -OCH3 is 1. The molecule has 90 valence electrons. The molecule has 0 saturated carbocycles. The van der Waals surface area contributed by atoms with Crippen molar-refractivity contribution in [1.29, 1.82) is 0 Å². The van der Waals surface area contributed by atoms with Crippen LogP contribution in [0.5, 0.6) is 0 Å².